The number of aromatic nitrogens is 3. The third-order valence-electron chi connectivity index (χ3n) is 11.1. The van der Waals surface area contributed by atoms with E-state index >= 15 is 0 Å². The molecule has 280 valence electrons. The maximum atomic E-state index is 6.43. The van der Waals surface area contributed by atoms with Gasteiger partial charge >= 0.3 is 0 Å². The zero-order valence-corrected chi connectivity index (χ0v) is 33.8. The Morgan fingerprint density at radius 2 is 1.21 bits per heavy atom. The van der Waals surface area contributed by atoms with Crippen molar-refractivity contribution in [1.82, 2.24) is 14.5 Å². The van der Waals surface area contributed by atoms with Gasteiger partial charge in [-0.05, 0) is 99.7 Å². The van der Waals surface area contributed by atoms with Crippen molar-refractivity contribution in [3.8, 4) is 61.7 Å². The van der Waals surface area contributed by atoms with Crippen molar-refractivity contribution in [2.24, 2.45) is 0 Å². The number of rotatable bonds is 6. The van der Waals surface area contributed by atoms with Crippen LogP contribution in [0.25, 0.3) is 83.7 Å². The van der Waals surface area contributed by atoms with Crippen LogP contribution >= 0.6 is 0 Å². The lowest BCUT2D eigenvalue weighted by atomic mass is 9.83. The molecule has 0 radical (unpaired) electrons. The van der Waals surface area contributed by atoms with Crippen LogP contribution in [0.15, 0.2) is 162 Å². The van der Waals surface area contributed by atoms with Gasteiger partial charge < -0.3 is 4.42 Å². The number of imidazole rings is 1. The van der Waals surface area contributed by atoms with E-state index in [0.29, 0.717) is 0 Å². The average molecular weight is 742 g/mol. The number of fused-ring (bicyclic) bond motifs is 2. The summed E-state index contributed by atoms with van der Waals surface area (Å²) in [6, 6.07) is 54.2. The molecule has 4 heteroatoms. The maximum absolute atomic E-state index is 6.43. The van der Waals surface area contributed by atoms with Crippen LogP contribution in [0.3, 0.4) is 0 Å². The lowest BCUT2D eigenvalue weighted by Crippen LogP contribution is -2.12. The Bertz CT molecular complexity index is 2920. The Labute approximate surface area is 335 Å². The smallest absolute Gasteiger partial charge is 0.149 e. The van der Waals surface area contributed by atoms with E-state index in [0.717, 1.165) is 83.9 Å². The molecule has 0 amide bonds. The molecule has 0 spiro atoms. The number of benzene rings is 6. The van der Waals surface area contributed by atoms with Gasteiger partial charge in [-0.1, -0.05) is 145 Å². The summed E-state index contributed by atoms with van der Waals surface area (Å²) in [4.78, 5) is 10.6. The summed E-state index contributed by atoms with van der Waals surface area (Å²) in [5.74, 6) is 1.69. The minimum Gasteiger partial charge on any atom is -0.461 e. The standard InChI is InChI=1S/C53H47N3O/c1-34-49(43-21-14-15-24-48(43)57-34)51-55-50-42(22-16-23-47(50)56(51)46-26-25-40(52(2,3)4)33-44(46)36-19-12-9-13-20-36)38-29-39(31-41(30-38)53(5,6)7)45-32-37(27-28-54-45)35-17-10-8-11-18-35/h8-33H,1-7H3. The molecule has 0 atom stereocenters. The van der Waals surface area contributed by atoms with E-state index in [1.807, 2.05) is 18.3 Å². The molecule has 0 bridgehead atoms. The van der Waals surface area contributed by atoms with Crippen molar-refractivity contribution in [2.75, 3.05) is 0 Å². The molecule has 0 saturated carbocycles. The van der Waals surface area contributed by atoms with Crippen LogP contribution in [0.2, 0.25) is 0 Å². The van der Waals surface area contributed by atoms with Crippen molar-refractivity contribution in [1.29, 1.82) is 0 Å². The van der Waals surface area contributed by atoms with Gasteiger partial charge in [0.1, 0.15) is 17.2 Å². The van der Waals surface area contributed by atoms with Gasteiger partial charge in [0, 0.05) is 28.3 Å². The molecule has 57 heavy (non-hydrogen) atoms. The van der Waals surface area contributed by atoms with E-state index in [2.05, 4.69) is 193 Å². The Morgan fingerprint density at radius 3 is 1.95 bits per heavy atom. The SMILES string of the molecule is Cc1oc2ccccc2c1-c1nc2c(-c3cc(-c4cc(-c5ccccc5)ccn4)cc(C(C)(C)C)c3)cccc2n1-c1ccc(C(C)(C)C)cc1-c1ccccc1. The second-order valence-electron chi connectivity index (χ2n) is 17.2. The number of pyridine rings is 1. The first-order valence-electron chi connectivity index (χ1n) is 19.8. The summed E-state index contributed by atoms with van der Waals surface area (Å²) in [6.45, 7) is 15.7. The van der Waals surface area contributed by atoms with Crippen LogP contribution in [0.5, 0.6) is 0 Å². The zero-order valence-electron chi connectivity index (χ0n) is 33.8. The highest BCUT2D eigenvalue weighted by molar-refractivity contribution is 6.01. The van der Waals surface area contributed by atoms with E-state index in [1.165, 1.54) is 16.7 Å². The fourth-order valence-corrected chi connectivity index (χ4v) is 8.00. The molecule has 0 aliphatic heterocycles. The van der Waals surface area contributed by atoms with Crippen molar-refractivity contribution in [3.05, 3.63) is 175 Å². The largest absolute Gasteiger partial charge is 0.461 e. The van der Waals surface area contributed by atoms with Gasteiger partial charge in [0.15, 0.2) is 0 Å². The number of nitrogens with zero attached hydrogens (tertiary/aromatic N) is 3. The first kappa shape index (κ1) is 36.1. The molecule has 6 aromatic carbocycles. The normalized spacial score (nSPS) is 12.1. The van der Waals surface area contributed by atoms with Gasteiger partial charge in [-0.15, -0.1) is 0 Å². The summed E-state index contributed by atoms with van der Waals surface area (Å²) >= 11 is 0. The number of aryl methyl sites for hydroxylation is 1. The molecule has 0 saturated heterocycles. The van der Waals surface area contributed by atoms with Crippen molar-refractivity contribution >= 4 is 22.0 Å². The van der Waals surface area contributed by atoms with Gasteiger partial charge in [-0.25, -0.2) is 4.98 Å². The molecule has 0 aliphatic carbocycles. The molecule has 4 nitrogen and oxygen atoms in total. The number of hydrogen-bond acceptors (Lipinski definition) is 3. The van der Waals surface area contributed by atoms with Crippen LogP contribution in [0.4, 0.5) is 0 Å². The maximum Gasteiger partial charge on any atom is 0.149 e. The predicted octanol–water partition coefficient (Wildman–Crippen LogP) is 14.4. The van der Waals surface area contributed by atoms with E-state index in [-0.39, 0.29) is 10.8 Å². The highest BCUT2D eigenvalue weighted by Gasteiger charge is 2.26. The monoisotopic (exact) mass is 741 g/mol. The predicted molar refractivity (Wildman–Crippen MR) is 238 cm³/mol. The lowest BCUT2D eigenvalue weighted by molar-refractivity contribution is 0.579. The van der Waals surface area contributed by atoms with Crippen LogP contribution in [0, 0.1) is 6.92 Å². The molecule has 0 aliphatic rings. The van der Waals surface area contributed by atoms with Gasteiger partial charge in [-0.3, -0.25) is 9.55 Å². The van der Waals surface area contributed by atoms with Crippen LogP contribution in [-0.4, -0.2) is 14.5 Å². The highest BCUT2D eigenvalue weighted by atomic mass is 16.3. The van der Waals surface area contributed by atoms with Gasteiger partial charge in [-0.2, -0.15) is 0 Å². The molecule has 0 unspecified atom stereocenters. The number of furan rings is 1. The quantitative estimate of drug-likeness (QED) is 0.170. The van der Waals surface area contributed by atoms with E-state index in [9.17, 15) is 0 Å². The van der Waals surface area contributed by atoms with Gasteiger partial charge in [0.05, 0.1) is 28.0 Å². The minimum absolute atomic E-state index is 0.0301. The Kier molecular flexibility index (Phi) is 8.81. The number of hydrogen-bond donors (Lipinski definition) is 0. The molecule has 3 heterocycles. The molecule has 0 fully saturated rings. The van der Waals surface area contributed by atoms with Gasteiger partial charge in [0.25, 0.3) is 0 Å². The van der Waals surface area contributed by atoms with E-state index in [1.54, 1.807) is 0 Å². The van der Waals surface area contributed by atoms with E-state index in [4.69, 9.17) is 14.4 Å². The number of para-hydroxylation sites is 2. The van der Waals surface area contributed by atoms with Crippen molar-refractivity contribution < 1.29 is 4.42 Å². The first-order valence-corrected chi connectivity index (χ1v) is 19.8. The minimum atomic E-state index is -0.105. The highest BCUT2D eigenvalue weighted by Crippen LogP contribution is 2.43. The lowest BCUT2D eigenvalue weighted by Gasteiger charge is -2.23. The van der Waals surface area contributed by atoms with E-state index < -0.39 is 0 Å². The topological polar surface area (TPSA) is 43.9 Å². The van der Waals surface area contributed by atoms with Crippen LogP contribution in [-0.2, 0) is 10.8 Å². The zero-order chi connectivity index (χ0) is 39.5. The molecule has 9 aromatic rings. The second-order valence-corrected chi connectivity index (χ2v) is 17.2. The third kappa shape index (κ3) is 6.65. The molecule has 3 aromatic heterocycles. The Morgan fingerprint density at radius 1 is 0.526 bits per heavy atom. The summed E-state index contributed by atoms with van der Waals surface area (Å²) in [7, 11) is 0. The van der Waals surface area contributed by atoms with Crippen LogP contribution in [0.1, 0.15) is 58.4 Å². The summed E-state index contributed by atoms with van der Waals surface area (Å²) in [5.41, 5.74) is 16.1. The Balaban J connectivity index is 1.33. The second kappa shape index (κ2) is 13.9. The molecular formula is C53H47N3O. The Hall–Kier alpha value is -6.52. The average Bonchev–Trinajstić information content (AvgIpc) is 3.77. The third-order valence-corrected chi connectivity index (χ3v) is 11.1. The first-order chi connectivity index (χ1) is 27.4. The molecular weight excluding hydrogens is 695 g/mol. The van der Waals surface area contributed by atoms with Crippen molar-refractivity contribution in [3.63, 3.8) is 0 Å². The van der Waals surface area contributed by atoms with Crippen molar-refractivity contribution in [2.45, 2.75) is 59.3 Å². The van der Waals surface area contributed by atoms with Crippen LogP contribution < -0.4 is 0 Å². The molecule has 0 N–H and O–H groups in total. The summed E-state index contributed by atoms with van der Waals surface area (Å²) in [6.07, 6.45) is 1.92. The summed E-state index contributed by atoms with van der Waals surface area (Å²) < 4.78 is 8.79. The fraction of sp³-hybridized carbons (Fsp3) is 0.170. The summed E-state index contributed by atoms with van der Waals surface area (Å²) in [5, 5.41) is 1.04. The fourth-order valence-electron chi connectivity index (χ4n) is 8.00. The molecule has 9 rings (SSSR count). The van der Waals surface area contributed by atoms with Gasteiger partial charge in [0.2, 0.25) is 0 Å².